The Balaban J connectivity index is 1.46. The van der Waals surface area contributed by atoms with Crippen LogP contribution in [0.4, 0.5) is 5.69 Å². The molecule has 0 spiro atoms. The monoisotopic (exact) mass is 440 g/mol. The van der Waals surface area contributed by atoms with Crippen molar-refractivity contribution in [3.63, 3.8) is 0 Å². The molecule has 1 aliphatic heterocycles. The van der Waals surface area contributed by atoms with Gasteiger partial charge in [-0.15, -0.1) is 0 Å². The minimum atomic E-state index is -0.334. The number of aromatic nitrogens is 2. The molecule has 168 valence electrons. The highest BCUT2D eigenvalue weighted by Crippen LogP contribution is 2.33. The topological polar surface area (TPSA) is 61.5 Å². The van der Waals surface area contributed by atoms with Crippen molar-refractivity contribution in [1.82, 2.24) is 14.9 Å². The third kappa shape index (κ3) is 4.10. The van der Waals surface area contributed by atoms with Crippen LogP contribution in [0, 0.1) is 6.92 Å². The van der Waals surface area contributed by atoms with Crippen LogP contribution in [0.1, 0.15) is 15.9 Å². The minimum Gasteiger partial charge on any atom is -0.465 e. The van der Waals surface area contributed by atoms with Gasteiger partial charge in [0.1, 0.15) is 5.65 Å². The molecular weight excluding hydrogens is 412 g/mol. The van der Waals surface area contributed by atoms with E-state index < -0.39 is 0 Å². The lowest BCUT2D eigenvalue weighted by atomic mass is 9.99. The number of nitrogens with zero attached hydrogens (tertiary/aromatic N) is 3. The van der Waals surface area contributed by atoms with Gasteiger partial charge in [-0.3, -0.25) is 0 Å². The fourth-order valence-electron chi connectivity index (χ4n) is 4.54. The van der Waals surface area contributed by atoms with Crippen LogP contribution in [0.5, 0.6) is 0 Å². The van der Waals surface area contributed by atoms with Gasteiger partial charge in [-0.25, -0.2) is 9.78 Å². The SMILES string of the molecule is COC(=O)c1ccc(-c2c[nH]c3ncc(-c4ccc(N5CCN(C)CC5)c(C)c4)cc23)cc1. The standard InChI is InChI=1S/C27H28N4O2/c1-18-14-21(8-9-25(18)31-12-10-30(2)11-13-31)22-15-23-24(17-29-26(23)28-16-22)19-4-6-20(7-5-19)27(32)33-3/h4-9,14-17H,10-13H2,1-3H3,(H,28,29). The summed E-state index contributed by atoms with van der Waals surface area (Å²) in [6.45, 7) is 6.50. The fourth-order valence-corrected chi connectivity index (χ4v) is 4.54. The van der Waals surface area contributed by atoms with E-state index in [0.717, 1.165) is 59.5 Å². The van der Waals surface area contributed by atoms with E-state index in [4.69, 9.17) is 4.74 Å². The highest BCUT2D eigenvalue weighted by molar-refractivity contribution is 5.97. The molecule has 1 fully saturated rings. The Morgan fingerprint density at radius 2 is 1.70 bits per heavy atom. The van der Waals surface area contributed by atoms with Gasteiger partial charge in [0, 0.05) is 60.8 Å². The molecule has 0 bridgehead atoms. The first kappa shape index (κ1) is 21.2. The second-order valence-electron chi connectivity index (χ2n) is 8.68. The van der Waals surface area contributed by atoms with E-state index in [9.17, 15) is 4.79 Å². The lowest BCUT2D eigenvalue weighted by molar-refractivity contribution is 0.0601. The van der Waals surface area contributed by atoms with E-state index in [1.54, 1.807) is 12.1 Å². The van der Waals surface area contributed by atoms with Crippen molar-refractivity contribution in [3.8, 4) is 22.3 Å². The molecule has 0 saturated carbocycles. The number of hydrogen-bond donors (Lipinski definition) is 1. The Hall–Kier alpha value is -3.64. The summed E-state index contributed by atoms with van der Waals surface area (Å²) in [5, 5.41) is 1.05. The van der Waals surface area contributed by atoms with Crippen LogP contribution in [0.15, 0.2) is 60.9 Å². The quantitative estimate of drug-likeness (QED) is 0.464. The van der Waals surface area contributed by atoms with Crippen molar-refractivity contribution >= 4 is 22.7 Å². The maximum absolute atomic E-state index is 11.7. The molecule has 1 N–H and O–H groups in total. The summed E-state index contributed by atoms with van der Waals surface area (Å²) in [7, 11) is 3.57. The number of ether oxygens (including phenoxy) is 1. The number of hydrogen-bond acceptors (Lipinski definition) is 5. The number of carbonyl (C=O) groups excluding carboxylic acids is 1. The van der Waals surface area contributed by atoms with Gasteiger partial charge >= 0.3 is 5.97 Å². The Morgan fingerprint density at radius 3 is 2.39 bits per heavy atom. The van der Waals surface area contributed by atoms with Gasteiger partial charge < -0.3 is 19.5 Å². The van der Waals surface area contributed by atoms with Crippen molar-refractivity contribution in [2.24, 2.45) is 0 Å². The molecule has 2 aromatic carbocycles. The Bertz CT molecular complexity index is 1300. The molecule has 0 amide bonds. The van der Waals surface area contributed by atoms with Gasteiger partial charge in [0.05, 0.1) is 12.7 Å². The Morgan fingerprint density at radius 1 is 0.970 bits per heavy atom. The number of H-pyrrole nitrogens is 1. The molecule has 6 heteroatoms. The van der Waals surface area contributed by atoms with Crippen molar-refractivity contribution in [1.29, 1.82) is 0 Å². The van der Waals surface area contributed by atoms with Crippen molar-refractivity contribution in [3.05, 3.63) is 72.1 Å². The summed E-state index contributed by atoms with van der Waals surface area (Å²) in [5.74, 6) is -0.334. The number of likely N-dealkylation sites (N-methyl/N-ethyl adjacent to an activating group) is 1. The van der Waals surface area contributed by atoms with Crippen LogP contribution in [0.3, 0.4) is 0 Å². The summed E-state index contributed by atoms with van der Waals surface area (Å²) in [5.41, 5.74) is 8.30. The molecule has 0 radical (unpaired) electrons. The largest absolute Gasteiger partial charge is 0.465 e. The number of rotatable bonds is 4. The number of nitrogens with one attached hydrogen (secondary N) is 1. The lowest BCUT2D eigenvalue weighted by Crippen LogP contribution is -2.44. The number of benzene rings is 2. The predicted molar refractivity (Wildman–Crippen MR) is 133 cm³/mol. The molecule has 2 aromatic heterocycles. The summed E-state index contributed by atoms with van der Waals surface area (Å²) >= 11 is 0. The number of piperazine rings is 1. The smallest absolute Gasteiger partial charge is 0.337 e. The number of esters is 1. The Labute approximate surface area is 193 Å². The molecule has 0 aliphatic carbocycles. The molecular formula is C27H28N4O2. The zero-order valence-electron chi connectivity index (χ0n) is 19.3. The number of fused-ring (bicyclic) bond motifs is 1. The van der Waals surface area contributed by atoms with Crippen LogP contribution < -0.4 is 4.90 Å². The van der Waals surface area contributed by atoms with Gasteiger partial charge in [0.2, 0.25) is 0 Å². The number of aromatic amines is 1. The summed E-state index contributed by atoms with van der Waals surface area (Å²) in [4.78, 5) is 24.5. The second kappa shape index (κ2) is 8.71. The predicted octanol–water partition coefficient (Wildman–Crippen LogP) is 4.74. The van der Waals surface area contributed by atoms with Crippen molar-refractivity contribution in [2.45, 2.75) is 6.92 Å². The molecule has 6 nitrogen and oxygen atoms in total. The normalized spacial score (nSPS) is 14.6. The fraction of sp³-hybridized carbons (Fsp3) is 0.259. The highest BCUT2D eigenvalue weighted by atomic mass is 16.5. The minimum absolute atomic E-state index is 0.334. The molecule has 4 aromatic rings. The molecule has 1 saturated heterocycles. The van der Waals surface area contributed by atoms with Crippen LogP contribution >= 0.6 is 0 Å². The van der Waals surface area contributed by atoms with E-state index in [1.165, 1.54) is 18.4 Å². The molecule has 0 atom stereocenters. The van der Waals surface area contributed by atoms with E-state index in [-0.39, 0.29) is 5.97 Å². The third-order valence-electron chi connectivity index (χ3n) is 6.52. The van der Waals surface area contributed by atoms with E-state index in [0.29, 0.717) is 5.56 Å². The molecule has 33 heavy (non-hydrogen) atoms. The Kier molecular flexibility index (Phi) is 5.60. The number of methoxy groups -OCH3 is 1. The van der Waals surface area contributed by atoms with E-state index >= 15 is 0 Å². The molecule has 1 aliphatic rings. The third-order valence-corrected chi connectivity index (χ3v) is 6.52. The van der Waals surface area contributed by atoms with E-state index in [1.807, 2.05) is 24.5 Å². The first-order valence-electron chi connectivity index (χ1n) is 11.2. The van der Waals surface area contributed by atoms with Crippen LogP contribution in [-0.4, -0.2) is 61.2 Å². The van der Waals surface area contributed by atoms with Crippen LogP contribution in [0.2, 0.25) is 0 Å². The highest BCUT2D eigenvalue weighted by Gasteiger charge is 2.17. The zero-order chi connectivity index (χ0) is 22.9. The number of pyridine rings is 1. The molecule has 3 heterocycles. The van der Waals surface area contributed by atoms with Gasteiger partial charge in [0.25, 0.3) is 0 Å². The number of anilines is 1. The van der Waals surface area contributed by atoms with Crippen LogP contribution in [0.25, 0.3) is 33.3 Å². The first-order chi connectivity index (χ1) is 16.0. The number of aryl methyl sites for hydroxylation is 1. The number of carbonyl (C=O) groups is 1. The maximum Gasteiger partial charge on any atom is 0.337 e. The second-order valence-corrected chi connectivity index (χ2v) is 8.68. The van der Waals surface area contributed by atoms with Gasteiger partial charge in [-0.1, -0.05) is 18.2 Å². The van der Waals surface area contributed by atoms with Gasteiger partial charge in [-0.05, 0) is 61.0 Å². The van der Waals surface area contributed by atoms with Gasteiger partial charge in [0.15, 0.2) is 0 Å². The van der Waals surface area contributed by atoms with Crippen molar-refractivity contribution < 1.29 is 9.53 Å². The zero-order valence-corrected chi connectivity index (χ0v) is 19.3. The first-order valence-corrected chi connectivity index (χ1v) is 11.2. The summed E-state index contributed by atoms with van der Waals surface area (Å²) < 4.78 is 4.80. The average molecular weight is 441 g/mol. The van der Waals surface area contributed by atoms with Crippen LogP contribution in [-0.2, 0) is 4.74 Å². The van der Waals surface area contributed by atoms with E-state index in [2.05, 4.69) is 58.0 Å². The molecule has 0 unspecified atom stereocenters. The summed E-state index contributed by atoms with van der Waals surface area (Å²) in [6.07, 6.45) is 3.89. The van der Waals surface area contributed by atoms with Gasteiger partial charge in [-0.2, -0.15) is 0 Å². The lowest BCUT2D eigenvalue weighted by Gasteiger charge is -2.35. The summed E-state index contributed by atoms with van der Waals surface area (Å²) in [6, 6.07) is 16.3. The molecule has 5 rings (SSSR count). The van der Waals surface area contributed by atoms with Crippen molar-refractivity contribution in [2.75, 3.05) is 45.2 Å². The maximum atomic E-state index is 11.7. The average Bonchev–Trinajstić information content (AvgIpc) is 3.27.